The van der Waals surface area contributed by atoms with Crippen molar-refractivity contribution in [3.8, 4) is 0 Å². The van der Waals surface area contributed by atoms with Crippen molar-refractivity contribution in [1.29, 1.82) is 0 Å². The molecule has 1 unspecified atom stereocenters. The average molecular weight is 403 g/mol. The number of allylic oxidation sites excluding steroid dienone is 6. The molecule has 3 rings (SSSR count). The van der Waals surface area contributed by atoms with Gasteiger partial charge in [-0.1, -0.05) is 64.1 Å². The molecule has 3 nitrogen and oxygen atoms in total. The van der Waals surface area contributed by atoms with Crippen LogP contribution in [-0.2, 0) is 4.74 Å². The lowest BCUT2D eigenvalue weighted by Gasteiger charge is -2.23. The number of ether oxygens (including phenoxy) is 1. The SMILES string of the molecule is CC(=Nc1ccccc1C(C)C)C1=CCC=C(C(C)=NC2CC=CC=C2C(C)C)O1. The second kappa shape index (κ2) is 9.88. The summed E-state index contributed by atoms with van der Waals surface area (Å²) in [6.07, 6.45) is 12.5. The minimum atomic E-state index is 0.196. The van der Waals surface area contributed by atoms with Crippen LogP contribution in [0.3, 0.4) is 0 Å². The standard InChI is InChI=1S/C27H34N2O/c1-18(2)22-12-7-9-14-24(22)28-20(5)26-16-11-17-27(30-26)21(6)29-25-15-10-8-13-23(25)19(3)4/h7-10,12-14,16-19,25H,11,15H2,1-6H3. The van der Waals surface area contributed by atoms with Crippen LogP contribution in [0.25, 0.3) is 0 Å². The van der Waals surface area contributed by atoms with E-state index in [4.69, 9.17) is 14.7 Å². The highest BCUT2D eigenvalue weighted by atomic mass is 16.5. The van der Waals surface area contributed by atoms with E-state index in [1.54, 1.807) is 0 Å². The van der Waals surface area contributed by atoms with Crippen molar-refractivity contribution in [2.45, 2.75) is 66.3 Å². The van der Waals surface area contributed by atoms with Crippen molar-refractivity contribution < 1.29 is 4.74 Å². The van der Waals surface area contributed by atoms with Crippen molar-refractivity contribution in [2.24, 2.45) is 15.9 Å². The molecule has 1 aliphatic carbocycles. The Morgan fingerprint density at radius 3 is 2.37 bits per heavy atom. The van der Waals surface area contributed by atoms with Gasteiger partial charge in [-0.05, 0) is 67.9 Å². The Morgan fingerprint density at radius 1 is 0.967 bits per heavy atom. The van der Waals surface area contributed by atoms with Gasteiger partial charge in [0, 0.05) is 0 Å². The number of aliphatic imine (C=N–C) groups is 2. The van der Waals surface area contributed by atoms with E-state index in [9.17, 15) is 0 Å². The topological polar surface area (TPSA) is 34.0 Å². The van der Waals surface area contributed by atoms with Crippen LogP contribution in [0.5, 0.6) is 0 Å². The molecule has 0 saturated carbocycles. The molecule has 1 aromatic rings. The Kier molecular flexibility index (Phi) is 7.25. The summed E-state index contributed by atoms with van der Waals surface area (Å²) in [5.41, 5.74) is 5.48. The van der Waals surface area contributed by atoms with Gasteiger partial charge in [0.15, 0.2) is 0 Å². The van der Waals surface area contributed by atoms with E-state index in [1.807, 2.05) is 19.9 Å². The Balaban J connectivity index is 1.77. The summed E-state index contributed by atoms with van der Waals surface area (Å²) < 4.78 is 6.24. The summed E-state index contributed by atoms with van der Waals surface area (Å²) >= 11 is 0. The first-order valence-electron chi connectivity index (χ1n) is 11.0. The maximum Gasteiger partial charge on any atom is 0.145 e. The molecule has 0 amide bonds. The zero-order chi connectivity index (χ0) is 21.7. The molecule has 0 spiro atoms. The smallest absolute Gasteiger partial charge is 0.145 e. The fourth-order valence-corrected chi connectivity index (χ4v) is 3.87. The minimum absolute atomic E-state index is 0.196. The predicted octanol–water partition coefficient (Wildman–Crippen LogP) is 7.46. The average Bonchev–Trinajstić information content (AvgIpc) is 2.74. The zero-order valence-electron chi connectivity index (χ0n) is 19.1. The highest BCUT2D eigenvalue weighted by Gasteiger charge is 2.20. The van der Waals surface area contributed by atoms with E-state index < -0.39 is 0 Å². The molecular weight excluding hydrogens is 368 g/mol. The molecule has 0 fully saturated rings. The fraction of sp³-hybridized carbons (Fsp3) is 0.407. The van der Waals surface area contributed by atoms with E-state index in [-0.39, 0.29) is 6.04 Å². The quantitative estimate of drug-likeness (QED) is 0.455. The second-order valence-electron chi connectivity index (χ2n) is 8.60. The van der Waals surface area contributed by atoms with E-state index >= 15 is 0 Å². The molecule has 158 valence electrons. The van der Waals surface area contributed by atoms with Gasteiger partial charge in [-0.15, -0.1) is 0 Å². The van der Waals surface area contributed by atoms with Gasteiger partial charge in [-0.25, -0.2) is 4.99 Å². The molecule has 0 bridgehead atoms. The number of benzene rings is 1. The molecule has 0 N–H and O–H groups in total. The van der Waals surface area contributed by atoms with Crippen molar-refractivity contribution in [3.63, 3.8) is 0 Å². The first-order chi connectivity index (χ1) is 14.4. The third-order valence-corrected chi connectivity index (χ3v) is 5.57. The maximum absolute atomic E-state index is 6.24. The van der Waals surface area contributed by atoms with Crippen LogP contribution in [0.15, 0.2) is 81.7 Å². The van der Waals surface area contributed by atoms with Gasteiger partial charge in [0.2, 0.25) is 0 Å². The number of para-hydroxylation sites is 1. The largest absolute Gasteiger partial charge is 0.454 e. The second-order valence-corrected chi connectivity index (χ2v) is 8.60. The van der Waals surface area contributed by atoms with Gasteiger partial charge < -0.3 is 4.74 Å². The Bertz CT molecular complexity index is 955. The molecule has 1 aromatic carbocycles. The lowest BCUT2D eigenvalue weighted by molar-refractivity contribution is 0.342. The van der Waals surface area contributed by atoms with E-state index in [2.05, 4.69) is 76.3 Å². The molecule has 2 aliphatic rings. The van der Waals surface area contributed by atoms with Crippen LogP contribution in [0.2, 0.25) is 0 Å². The molecule has 0 aromatic heterocycles. The number of hydrogen-bond acceptors (Lipinski definition) is 3. The summed E-state index contributed by atoms with van der Waals surface area (Å²) in [5.74, 6) is 2.58. The highest BCUT2D eigenvalue weighted by molar-refractivity contribution is 6.02. The summed E-state index contributed by atoms with van der Waals surface area (Å²) in [7, 11) is 0. The molecule has 3 heteroatoms. The van der Waals surface area contributed by atoms with Crippen LogP contribution in [-0.4, -0.2) is 17.5 Å². The normalized spacial score (nSPS) is 20.1. The lowest BCUT2D eigenvalue weighted by Crippen LogP contribution is -2.18. The van der Waals surface area contributed by atoms with E-state index in [1.165, 1.54) is 11.1 Å². The van der Waals surface area contributed by atoms with E-state index in [0.717, 1.165) is 41.5 Å². The van der Waals surface area contributed by atoms with Crippen molar-refractivity contribution in [2.75, 3.05) is 0 Å². The lowest BCUT2D eigenvalue weighted by atomic mass is 9.90. The third kappa shape index (κ3) is 5.27. The molecule has 1 atom stereocenters. The maximum atomic E-state index is 6.24. The van der Waals surface area contributed by atoms with Crippen LogP contribution in [0.1, 0.15) is 65.9 Å². The zero-order valence-corrected chi connectivity index (χ0v) is 19.1. The molecule has 0 saturated heterocycles. The van der Waals surface area contributed by atoms with Crippen LogP contribution >= 0.6 is 0 Å². The minimum Gasteiger partial charge on any atom is -0.454 e. The van der Waals surface area contributed by atoms with Gasteiger partial charge in [-0.2, -0.15) is 0 Å². The molecule has 0 radical (unpaired) electrons. The van der Waals surface area contributed by atoms with Gasteiger partial charge in [0.25, 0.3) is 0 Å². The van der Waals surface area contributed by atoms with Gasteiger partial charge >= 0.3 is 0 Å². The van der Waals surface area contributed by atoms with Gasteiger partial charge in [-0.3, -0.25) is 4.99 Å². The Hall–Kier alpha value is -2.68. The van der Waals surface area contributed by atoms with Crippen molar-refractivity contribution >= 4 is 17.1 Å². The van der Waals surface area contributed by atoms with Crippen LogP contribution in [0.4, 0.5) is 5.69 Å². The van der Waals surface area contributed by atoms with Gasteiger partial charge in [0.1, 0.15) is 11.5 Å². The summed E-state index contributed by atoms with van der Waals surface area (Å²) in [6, 6.07) is 8.52. The van der Waals surface area contributed by atoms with E-state index in [0.29, 0.717) is 11.8 Å². The summed E-state index contributed by atoms with van der Waals surface area (Å²) in [5, 5.41) is 0. The Labute approximate surface area is 181 Å². The fourth-order valence-electron chi connectivity index (χ4n) is 3.87. The van der Waals surface area contributed by atoms with Crippen molar-refractivity contribution in [3.05, 3.63) is 77.3 Å². The number of rotatable bonds is 6. The monoisotopic (exact) mass is 402 g/mol. The summed E-state index contributed by atoms with van der Waals surface area (Å²) in [4.78, 5) is 9.90. The predicted molar refractivity (Wildman–Crippen MR) is 129 cm³/mol. The van der Waals surface area contributed by atoms with Crippen LogP contribution < -0.4 is 0 Å². The first kappa shape index (κ1) is 22.0. The molecule has 1 heterocycles. The summed E-state index contributed by atoms with van der Waals surface area (Å²) in [6.45, 7) is 12.9. The van der Waals surface area contributed by atoms with Crippen LogP contribution in [0, 0.1) is 5.92 Å². The third-order valence-electron chi connectivity index (χ3n) is 5.57. The van der Waals surface area contributed by atoms with Gasteiger partial charge in [0.05, 0.1) is 23.2 Å². The Morgan fingerprint density at radius 2 is 1.67 bits per heavy atom. The molecule has 1 aliphatic heterocycles. The first-order valence-corrected chi connectivity index (χ1v) is 11.0. The number of nitrogens with zero attached hydrogens (tertiary/aromatic N) is 2. The highest BCUT2D eigenvalue weighted by Crippen LogP contribution is 2.29. The number of hydrogen-bond donors (Lipinski definition) is 0. The molecule has 30 heavy (non-hydrogen) atoms. The van der Waals surface area contributed by atoms with Crippen molar-refractivity contribution in [1.82, 2.24) is 0 Å². The molecular formula is C27H34N2O.